The molecule has 16 heavy (non-hydrogen) atoms. The van der Waals surface area contributed by atoms with Gasteiger partial charge in [0, 0.05) is 13.3 Å². The highest BCUT2D eigenvalue weighted by molar-refractivity contribution is 5.87. The summed E-state index contributed by atoms with van der Waals surface area (Å²) in [7, 11) is 0. The first-order valence-electron chi connectivity index (χ1n) is 4.48. The minimum atomic E-state index is -2.26. The Labute approximate surface area is 91.6 Å². The van der Waals surface area contributed by atoms with Gasteiger partial charge in [-0.05, 0) is 0 Å². The molecular weight excluding hydrogens is 220 g/mol. The molecule has 0 aromatic carbocycles. The third-order valence-corrected chi connectivity index (χ3v) is 1.62. The lowest BCUT2D eigenvalue weighted by Gasteiger charge is -2.23. The van der Waals surface area contributed by atoms with E-state index in [0.29, 0.717) is 0 Å². The molecule has 4 N–H and O–H groups in total. The zero-order chi connectivity index (χ0) is 12.8. The van der Waals surface area contributed by atoms with Crippen LogP contribution in [0.3, 0.4) is 0 Å². The molecule has 0 fully saturated rings. The topological polar surface area (TPSA) is 128 Å². The molecule has 0 rings (SSSR count). The van der Waals surface area contributed by atoms with Crippen LogP contribution >= 0.6 is 0 Å². The molecule has 1 atom stereocenters. The van der Waals surface area contributed by atoms with Crippen molar-refractivity contribution >= 4 is 17.8 Å². The number of carbonyl (C=O) groups excluding carboxylic acids is 3. The molecule has 1 unspecified atom stereocenters. The van der Waals surface area contributed by atoms with Crippen LogP contribution < -0.4 is 11.1 Å². The van der Waals surface area contributed by atoms with Gasteiger partial charge >= 0.3 is 11.9 Å². The molecule has 0 bridgehead atoms. The van der Waals surface area contributed by atoms with Gasteiger partial charge in [0.15, 0.2) is 0 Å². The van der Waals surface area contributed by atoms with Gasteiger partial charge in [0.2, 0.25) is 11.6 Å². The van der Waals surface area contributed by atoms with Crippen molar-refractivity contribution in [1.82, 2.24) is 5.32 Å². The highest BCUT2D eigenvalue weighted by Gasteiger charge is 2.39. The summed E-state index contributed by atoms with van der Waals surface area (Å²) in [5, 5.41) is 11.6. The second-order valence-corrected chi connectivity index (χ2v) is 2.91. The Kier molecular flexibility index (Phi) is 5.40. The summed E-state index contributed by atoms with van der Waals surface area (Å²) in [4.78, 5) is 40.5. The van der Waals surface area contributed by atoms with Crippen molar-refractivity contribution in [1.29, 1.82) is 0 Å². The fourth-order valence-corrected chi connectivity index (χ4v) is 0.731. The lowest BCUT2D eigenvalue weighted by atomic mass is 10.1. The summed E-state index contributed by atoms with van der Waals surface area (Å²) < 4.78 is 0. The largest absolute Gasteiger partial charge is 0.407 e. The third-order valence-electron chi connectivity index (χ3n) is 1.62. The minimum absolute atomic E-state index is 0.168. The average Bonchev–Trinajstić information content (AvgIpc) is 2.25. The first-order valence-corrected chi connectivity index (χ1v) is 4.48. The lowest BCUT2D eigenvalue weighted by molar-refractivity contribution is -0.270. The maximum atomic E-state index is 11.2. The Bertz CT molecular complexity index is 292. The Balaban J connectivity index is 4.49. The van der Waals surface area contributed by atoms with Gasteiger partial charge in [-0.15, -0.1) is 0 Å². The molecule has 0 radical (unpaired) electrons. The van der Waals surface area contributed by atoms with E-state index in [1.54, 1.807) is 0 Å². The number of rotatable bonds is 4. The fraction of sp³-hybridized carbons (Fsp3) is 0.625. The SMILES string of the molecule is CCC(O)(NC(=O)CN)C(=O)OOC(C)=O. The number of hydrogen-bond donors (Lipinski definition) is 3. The van der Waals surface area contributed by atoms with Gasteiger partial charge in [-0.3, -0.25) is 4.79 Å². The fourth-order valence-electron chi connectivity index (χ4n) is 0.731. The number of carbonyl (C=O) groups is 3. The lowest BCUT2D eigenvalue weighted by Crippen LogP contribution is -2.56. The van der Waals surface area contributed by atoms with Crippen LogP contribution in [0.4, 0.5) is 0 Å². The van der Waals surface area contributed by atoms with Crippen molar-refractivity contribution in [2.24, 2.45) is 5.73 Å². The first-order chi connectivity index (χ1) is 7.35. The molecule has 0 aromatic rings. The van der Waals surface area contributed by atoms with E-state index in [9.17, 15) is 19.5 Å². The highest BCUT2D eigenvalue weighted by Crippen LogP contribution is 2.08. The molecule has 0 heterocycles. The van der Waals surface area contributed by atoms with Crippen LogP contribution in [-0.4, -0.2) is 35.2 Å². The second-order valence-electron chi connectivity index (χ2n) is 2.91. The summed E-state index contributed by atoms with van der Waals surface area (Å²) >= 11 is 0. The number of nitrogens with two attached hydrogens (primary N) is 1. The van der Waals surface area contributed by atoms with Crippen LogP contribution in [-0.2, 0) is 24.2 Å². The van der Waals surface area contributed by atoms with Crippen molar-refractivity contribution in [2.75, 3.05) is 6.54 Å². The van der Waals surface area contributed by atoms with Crippen molar-refractivity contribution in [3.05, 3.63) is 0 Å². The van der Waals surface area contributed by atoms with E-state index in [4.69, 9.17) is 5.73 Å². The maximum absolute atomic E-state index is 11.2. The van der Waals surface area contributed by atoms with E-state index in [-0.39, 0.29) is 6.42 Å². The Morgan fingerprint density at radius 2 is 1.94 bits per heavy atom. The zero-order valence-electron chi connectivity index (χ0n) is 8.98. The molecule has 8 nitrogen and oxygen atoms in total. The van der Waals surface area contributed by atoms with Gasteiger partial charge in [0.25, 0.3) is 0 Å². The molecule has 0 aromatic heterocycles. The van der Waals surface area contributed by atoms with E-state index in [1.807, 2.05) is 5.32 Å². The number of amides is 1. The minimum Gasteiger partial charge on any atom is -0.362 e. The van der Waals surface area contributed by atoms with Crippen LogP contribution in [0, 0.1) is 0 Å². The smallest absolute Gasteiger partial charge is 0.362 e. The summed E-state index contributed by atoms with van der Waals surface area (Å²) in [6.07, 6.45) is -0.168. The molecule has 1 amide bonds. The third kappa shape index (κ3) is 4.24. The molecule has 92 valence electrons. The van der Waals surface area contributed by atoms with Crippen molar-refractivity contribution in [2.45, 2.75) is 26.0 Å². The van der Waals surface area contributed by atoms with Gasteiger partial charge in [-0.2, -0.15) is 0 Å². The molecule has 0 saturated carbocycles. The molecular formula is C8H14N2O6. The second kappa shape index (κ2) is 6.03. The van der Waals surface area contributed by atoms with E-state index in [0.717, 1.165) is 6.92 Å². The molecule has 8 heteroatoms. The van der Waals surface area contributed by atoms with Gasteiger partial charge in [0.1, 0.15) is 0 Å². The summed E-state index contributed by atoms with van der Waals surface area (Å²) in [5.41, 5.74) is 2.74. The quantitative estimate of drug-likeness (QED) is 0.297. The Hall–Kier alpha value is -1.67. The van der Waals surface area contributed by atoms with Gasteiger partial charge in [0.05, 0.1) is 6.54 Å². The van der Waals surface area contributed by atoms with Gasteiger partial charge in [-0.1, -0.05) is 6.92 Å². The Morgan fingerprint density at radius 1 is 1.38 bits per heavy atom. The predicted octanol–water partition coefficient (Wildman–Crippen LogP) is -1.82. The predicted molar refractivity (Wildman–Crippen MR) is 50.3 cm³/mol. The van der Waals surface area contributed by atoms with E-state index in [1.165, 1.54) is 6.92 Å². The average molecular weight is 234 g/mol. The molecule has 0 aliphatic carbocycles. The molecule has 0 aliphatic rings. The van der Waals surface area contributed by atoms with Crippen LogP contribution in [0.15, 0.2) is 0 Å². The maximum Gasteiger partial charge on any atom is 0.407 e. The first kappa shape index (κ1) is 14.3. The van der Waals surface area contributed by atoms with Crippen LogP contribution in [0.5, 0.6) is 0 Å². The van der Waals surface area contributed by atoms with E-state index < -0.39 is 30.1 Å². The standard InChI is InChI=1S/C8H14N2O6/c1-3-8(14,10-6(12)4-9)7(13)16-15-5(2)11/h14H,3-4,9H2,1-2H3,(H,10,12). The molecule has 0 spiro atoms. The number of aliphatic hydroxyl groups is 1. The van der Waals surface area contributed by atoms with Crippen molar-refractivity contribution in [3.8, 4) is 0 Å². The monoisotopic (exact) mass is 234 g/mol. The van der Waals surface area contributed by atoms with E-state index >= 15 is 0 Å². The number of nitrogens with one attached hydrogen (secondary N) is 1. The summed E-state index contributed by atoms with van der Waals surface area (Å²) in [6, 6.07) is 0. The summed E-state index contributed by atoms with van der Waals surface area (Å²) in [6.45, 7) is 2.03. The van der Waals surface area contributed by atoms with Crippen LogP contribution in [0.1, 0.15) is 20.3 Å². The van der Waals surface area contributed by atoms with Crippen molar-refractivity contribution < 1.29 is 29.3 Å². The summed E-state index contributed by atoms with van der Waals surface area (Å²) in [5.74, 6) is -2.91. The normalized spacial score (nSPS) is 13.5. The molecule has 0 aliphatic heterocycles. The molecule has 0 saturated heterocycles. The van der Waals surface area contributed by atoms with Gasteiger partial charge in [-0.25, -0.2) is 19.4 Å². The Morgan fingerprint density at radius 3 is 2.31 bits per heavy atom. The number of hydrogen-bond acceptors (Lipinski definition) is 7. The highest BCUT2D eigenvalue weighted by atomic mass is 17.2. The van der Waals surface area contributed by atoms with Crippen LogP contribution in [0.25, 0.3) is 0 Å². The van der Waals surface area contributed by atoms with Crippen molar-refractivity contribution in [3.63, 3.8) is 0 Å². The zero-order valence-corrected chi connectivity index (χ0v) is 8.98. The van der Waals surface area contributed by atoms with Crippen LogP contribution in [0.2, 0.25) is 0 Å². The van der Waals surface area contributed by atoms with Gasteiger partial charge < -0.3 is 16.2 Å². The van der Waals surface area contributed by atoms with E-state index in [2.05, 4.69) is 9.78 Å².